The lowest BCUT2D eigenvalue weighted by molar-refractivity contribution is -0.115. The lowest BCUT2D eigenvalue weighted by atomic mass is 10.1. The number of amides is 1. The molecule has 0 aromatic heterocycles. The number of carbonyl (C=O) groups is 1. The Morgan fingerprint density at radius 2 is 1.89 bits per heavy atom. The van der Waals surface area contributed by atoms with Crippen LogP contribution >= 0.6 is 0 Å². The Balaban J connectivity index is 0.000000861. The maximum Gasteiger partial charge on any atom is 0.248 e. The zero-order valence-electron chi connectivity index (χ0n) is 11.6. The minimum atomic E-state index is -0.0911. The van der Waals surface area contributed by atoms with E-state index in [-0.39, 0.29) is 5.91 Å². The molecule has 2 heteroatoms. The van der Waals surface area contributed by atoms with E-state index in [2.05, 4.69) is 11.4 Å². The normalized spacial score (nSPS) is 13.5. The van der Waals surface area contributed by atoms with Crippen molar-refractivity contribution >= 4 is 12.0 Å². The molecule has 1 aliphatic rings. The van der Waals surface area contributed by atoms with E-state index in [1.807, 2.05) is 62.4 Å². The largest absolute Gasteiger partial charge is 0.323 e. The second-order valence-corrected chi connectivity index (χ2v) is 3.87. The van der Waals surface area contributed by atoms with Crippen molar-refractivity contribution in [2.24, 2.45) is 0 Å². The third kappa shape index (κ3) is 5.87. The molecule has 0 bridgehead atoms. The summed E-state index contributed by atoms with van der Waals surface area (Å²) in [6, 6.07) is 9.77. The molecule has 1 aliphatic carbocycles. The molecule has 1 N–H and O–H groups in total. The fourth-order valence-electron chi connectivity index (χ4n) is 1.63. The summed E-state index contributed by atoms with van der Waals surface area (Å²) in [6.45, 7) is 4.00. The van der Waals surface area contributed by atoms with Gasteiger partial charge in [-0.1, -0.05) is 56.3 Å². The molecule has 0 saturated heterocycles. The van der Waals surface area contributed by atoms with E-state index in [9.17, 15) is 4.79 Å². The topological polar surface area (TPSA) is 29.1 Å². The third-order valence-electron chi connectivity index (χ3n) is 2.49. The molecule has 0 radical (unpaired) electrons. The van der Waals surface area contributed by atoms with Gasteiger partial charge in [-0.3, -0.25) is 4.79 Å². The average molecular weight is 255 g/mol. The minimum absolute atomic E-state index is 0.0911. The van der Waals surface area contributed by atoms with Gasteiger partial charge in [0.15, 0.2) is 0 Å². The fraction of sp³-hybridized carbons (Fsp3) is 0.235. The van der Waals surface area contributed by atoms with Crippen LogP contribution in [0.3, 0.4) is 0 Å². The van der Waals surface area contributed by atoms with Gasteiger partial charge in [0.2, 0.25) is 5.91 Å². The van der Waals surface area contributed by atoms with E-state index in [4.69, 9.17) is 0 Å². The summed E-state index contributed by atoms with van der Waals surface area (Å²) in [6.07, 6.45) is 11.5. The molecule has 0 heterocycles. The number of nitrogens with one attached hydrogen (secondary N) is 1. The van der Waals surface area contributed by atoms with Crippen LogP contribution in [-0.2, 0) is 4.79 Å². The molecule has 2 rings (SSSR count). The maximum atomic E-state index is 11.6. The highest BCUT2D eigenvalue weighted by atomic mass is 16.1. The molecule has 19 heavy (non-hydrogen) atoms. The minimum Gasteiger partial charge on any atom is -0.323 e. The Kier molecular flexibility index (Phi) is 7.03. The highest BCUT2D eigenvalue weighted by Crippen LogP contribution is 2.07. The predicted molar refractivity (Wildman–Crippen MR) is 81.4 cm³/mol. The lowest BCUT2D eigenvalue weighted by Crippen LogP contribution is -2.19. The quantitative estimate of drug-likeness (QED) is 0.810. The zero-order valence-corrected chi connectivity index (χ0v) is 11.6. The molecule has 100 valence electrons. The van der Waals surface area contributed by atoms with Crippen LogP contribution in [0.4, 0.5) is 0 Å². The Morgan fingerprint density at radius 1 is 1.16 bits per heavy atom. The fourth-order valence-corrected chi connectivity index (χ4v) is 1.63. The Morgan fingerprint density at radius 3 is 2.53 bits per heavy atom. The van der Waals surface area contributed by atoms with Crippen LogP contribution in [0.1, 0.15) is 32.3 Å². The van der Waals surface area contributed by atoms with Crippen LogP contribution in [0.15, 0.2) is 60.3 Å². The van der Waals surface area contributed by atoms with Gasteiger partial charge in [0.1, 0.15) is 0 Å². The molecule has 0 spiro atoms. The summed E-state index contributed by atoms with van der Waals surface area (Å²) in [5.41, 5.74) is 1.91. The first-order valence-corrected chi connectivity index (χ1v) is 6.75. The summed E-state index contributed by atoms with van der Waals surface area (Å²) in [5.74, 6) is -0.0911. The van der Waals surface area contributed by atoms with Gasteiger partial charge in [0.25, 0.3) is 0 Å². The molecule has 0 aliphatic heterocycles. The van der Waals surface area contributed by atoms with Crippen LogP contribution in [0.25, 0.3) is 6.08 Å². The standard InChI is InChI=1S/C15H15NO.C2H6/c17-15(16-14-9-5-2-6-10-14)12-11-13-7-3-1-4-8-13;1-2/h1,3-5,7-12H,2,6H2,(H,16,17);1-2H3/b12-11+;. The van der Waals surface area contributed by atoms with Crippen LogP contribution < -0.4 is 5.32 Å². The van der Waals surface area contributed by atoms with Crippen LogP contribution in [0, 0.1) is 0 Å². The summed E-state index contributed by atoms with van der Waals surface area (Å²) in [7, 11) is 0. The van der Waals surface area contributed by atoms with Gasteiger partial charge in [-0.15, -0.1) is 0 Å². The molecule has 0 atom stereocenters. The number of allylic oxidation sites excluding steroid dienone is 3. The number of carbonyl (C=O) groups excluding carboxylic acids is 1. The Hall–Kier alpha value is -2.09. The molecular weight excluding hydrogens is 234 g/mol. The third-order valence-corrected chi connectivity index (χ3v) is 2.49. The number of rotatable bonds is 3. The highest BCUT2D eigenvalue weighted by Gasteiger charge is 2.00. The van der Waals surface area contributed by atoms with E-state index < -0.39 is 0 Å². The Labute approximate surface area is 115 Å². The molecule has 2 nitrogen and oxygen atoms in total. The second-order valence-electron chi connectivity index (χ2n) is 3.87. The first kappa shape index (κ1) is 15.0. The maximum absolute atomic E-state index is 11.6. The molecule has 1 aromatic rings. The van der Waals surface area contributed by atoms with Crippen molar-refractivity contribution in [1.82, 2.24) is 5.32 Å². The summed E-state index contributed by atoms with van der Waals surface area (Å²) < 4.78 is 0. The van der Waals surface area contributed by atoms with Crippen molar-refractivity contribution in [3.63, 3.8) is 0 Å². The van der Waals surface area contributed by atoms with Gasteiger partial charge in [0.05, 0.1) is 0 Å². The molecule has 0 saturated carbocycles. The molecule has 1 amide bonds. The van der Waals surface area contributed by atoms with Crippen LogP contribution in [-0.4, -0.2) is 5.91 Å². The Bertz CT molecular complexity index is 469. The smallest absolute Gasteiger partial charge is 0.248 e. The average Bonchev–Trinajstić information content (AvgIpc) is 2.49. The van der Waals surface area contributed by atoms with Crippen molar-refractivity contribution in [3.05, 3.63) is 65.9 Å². The van der Waals surface area contributed by atoms with E-state index >= 15 is 0 Å². The van der Waals surface area contributed by atoms with Crippen molar-refractivity contribution < 1.29 is 4.79 Å². The predicted octanol–water partition coefficient (Wildman–Crippen LogP) is 4.08. The van der Waals surface area contributed by atoms with Gasteiger partial charge >= 0.3 is 0 Å². The summed E-state index contributed by atoms with van der Waals surface area (Å²) in [5, 5.41) is 2.84. The number of hydrogen-bond acceptors (Lipinski definition) is 1. The summed E-state index contributed by atoms with van der Waals surface area (Å²) >= 11 is 0. The second kappa shape index (κ2) is 8.92. The van der Waals surface area contributed by atoms with Gasteiger partial charge in [-0.25, -0.2) is 0 Å². The number of hydrogen-bond donors (Lipinski definition) is 1. The van der Waals surface area contributed by atoms with Crippen LogP contribution in [0.5, 0.6) is 0 Å². The number of benzene rings is 1. The van der Waals surface area contributed by atoms with E-state index in [0.29, 0.717) is 0 Å². The summed E-state index contributed by atoms with van der Waals surface area (Å²) in [4.78, 5) is 11.6. The zero-order chi connectivity index (χ0) is 13.9. The van der Waals surface area contributed by atoms with Crippen molar-refractivity contribution in [2.75, 3.05) is 0 Å². The van der Waals surface area contributed by atoms with E-state index in [0.717, 1.165) is 24.1 Å². The van der Waals surface area contributed by atoms with Gasteiger partial charge in [-0.2, -0.15) is 0 Å². The highest BCUT2D eigenvalue weighted by molar-refractivity contribution is 5.93. The van der Waals surface area contributed by atoms with Crippen molar-refractivity contribution in [2.45, 2.75) is 26.7 Å². The molecule has 1 aromatic carbocycles. The van der Waals surface area contributed by atoms with Gasteiger partial charge < -0.3 is 5.32 Å². The monoisotopic (exact) mass is 255 g/mol. The SMILES string of the molecule is CC.O=C(/C=C/c1ccccc1)NC1=CCCC=C1. The van der Waals surface area contributed by atoms with E-state index in [1.54, 1.807) is 6.08 Å². The first-order chi connectivity index (χ1) is 9.34. The van der Waals surface area contributed by atoms with Gasteiger partial charge in [-0.05, 0) is 30.6 Å². The van der Waals surface area contributed by atoms with Crippen LogP contribution in [0.2, 0.25) is 0 Å². The van der Waals surface area contributed by atoms with Crippen molar-refractivity contribution in [3.8, 4) is 0 Å². The molecule has 0 unspecified atom stereocenters. The molecular formula is C17H21NO. The van der Waals surface area contributed by atoms with E-state index in [1.165, 1.54) is 0 Å². The van der Waals surface area contributed by atoms with Crippen molar-refractivity contribution in [1.29, 1.82) is 0 Å². The lowest BCUT2D eigenvalue weighted by Gasteiger charge is -2.06. The molecule has 0 fully saturated rings. The first-order valence-electron chi connectivity index (χ1n) is 6.75. The van der Waals surface area contributed by atoms with Gasteiger partial charge in [0, 0.05) is 11.8 Å².